The summed E-state index contributed by atoms with van der Waals surface area (Å²) < 4.78 is 1.88. The number of nitrogens with zero attached hydrogens (tertiary/aromatic N) is 1. The molecule has 2 aromatic rings. The Bertz CT molecular complexity index is 588. The first-order chi connectivity index (χ1) is 8.65. The average Bonchev–Trinajstić information content (AvgIpc) is 2.37. The van der Waals surface area contributed by atoms with Crippen LogP contribution in [0.3, 0.4) is 0 Å². The van der Waals surface area contributed by atoms with E-state index in [9.17, 15) is 4.79 Å². The van der Waals surface area contributed by atoms with Gasteiger partial charge in [-0.15, -0.1) is 0 Å². The molecule has 0 spiro atoms. The molecule has 2 nitrogen and oxygen atoms in total. The van der Waals surface area contributed by atoms with Gasteiger partial charge in [-0.2, -0.15) is 4.57 Å². The number of carbonyl (C=O) groups excluding carboxylic acids is 1. The molecule has 0 N–H and O–H groups in total. The Morgan fingerprint density at radius 2 is 1.74 bits per heavy atom. The van der Waals surface area contributed by atoms with Gasteiger partial charge in [0.1, 0.15) is 0 Å². The maximum absolute atomic E-state index is 11.9. The van der Waals surface area contributed by atoms with Crippen molar-refractivity contribution in [1.29, 1.82) is 0 Å². The highest BCUT2D eigenvalue weighted by molar-refractivity contribution is 6.05. The van der Waals surface area contributed by atoms with Gasteiger partial charge < -0.3 is 12.4 Å². The van der Waals surface area contributed by atoms with Gasteiger partial charge in [-0.05, 0) is 19.9 Å². The van der Waals surface area contributed by atoms with Crippen molar-refractivity contribution in [3.8, 4) is 0 Å². The number of aromatic nitrogens is 1. The van der Waals surface area contributed by atoms with Crippen molar-refractivity contribution in [3.05, 3.63) is 71.6 Å². The van der Waals surface area contributed by atoms with Crippen LogP contribution in [-0.2, 0) is 0 Å². The molecule has 1 heterocycles. The van der Waals surface area contributed by atoms with Crippen LogP contribution in [0.5, 0.6) is 0 Å². The number of benzene rings is 1. The molecule has 0 radical (unpaired) electrons. The number of aryl methyl sites for hydroxylation is 2. The third-order valence-electron chi connectivity index (χ3n) is 2.70. The molecular formula is C16H16ClNO. The van der Waals surface area contributed by atoms with Gasteiger partial charge in [0.15, 0.2) is 24.4 Å². The van der Waals surface area contributed by atoms with Crippen LogP contribution >= 0.6 is 0 Å². The molecule has 3 heteroatoms. The first kappa shape index (κ1) is 15.1. The van der Waals surface area contributed by atoms with Crippen LogP contribution in [0, 0.1) is 13.8 Å². The molecule has 0 saturated carbocycles. The maximum atomic E-state index is 11.9. The molecule has 0 unspecified atom stereocenters. The van der Waals surface area contributed by atoms with Crippen molar-refractivity contribution < 1.29 is 21.8 Å². The zero-order chi connectivity index (χ0) is 13.0. The van der Waals surface area contributed by atoms with Crippen molar-refractivity contribution >= 4 is 12.0 Å². The van der Waals surface area contributed by atoms with E-state index in [1.807, 2.05) is 67.2 Å². The average molecular weight is 274 g/mol. The molecular weight excluding hydrogens is 258 g/mol. The lowest BCUT2D eigenvalue weighted by Gasteiger charge is -1.95. The molecule has 0 atom stereocenters. The van der Waals surface area contributed by atoms with E-state index < -0.39 is 0 Å². The van der Waals surface area contributed by atoms with Crippen molar-refractivity contribution in [1.82, 2.24) is 0 Å². The Labute approximate surface area is 119 Å². The van der Waals surface area contributed by atoms with E-state index in [0.717, 1.165) is 11.1 Å². The van der Waals surface area contributed by atoms with Crippen LogP contribution in [0.15, 0.2) is 54.9 Å². The second-order valence-corrected chi connectivity index (χ2v) is 4.37. The minimum atomic E-state index is 0. The molecule has 19 heavy (non-hydrogen) atoms. The molecule has 0 bridgehead atoms. The van der Waals surface area contributed by atoms with Gasteiger partial charge in [0.25, 0.3) is 0 Å². The molecule has 2 rings (SSSR count). The Morgan fingerprint density at radius 1 is 1.05 bits per heavy atom. The topological polar surface area (TPSA) is 20.9 Å². The van der Waals surface area contributed by atoms with E-state index in [-0.39, 0.29) is 18.2 Å². The fourth-order valence-corrected chi connectivity index (χ4v) is 1.68. The number of carbonyl (C=O) groups is 1. The predicted octanol–water partition coefficient (Wildman–Crippen LogP) is -0.0515. The number of hydrogen-bond donors (Lipinski definition) is 0. The maximum Gasteiger partial charge on any atom is 0.191 e. The zero-order valence-corrected chi connectivity index (χ0v) is 11.8. The Kier molecular flexibility index (Phi) is 5.46. The monoisotopic (exact) mass is 273 g/mol. The number of halogens is 1. The SMILES string of the molecule is Cc1ccc(C(=O)C=C[n+]2cccc(C)c2)cc1.[Cl-]. The number of hydrogen-bond acceptors (Lipinski definition) is 1. The smallest absolute Gasteiger partial charge is 0.191 e. The molecule has 1 aromatic heterocycles. The number of allylic oxidation sites excluding steroid dienone is 1. The molecule has 0 saturated heterocycles. The molecule has 98 valence electrons. The summed E-state index contributed by atoms with van der Waals surface area (Å²) in [6, 6.07) is 11.6. The van der Waals surface area contributed by atoms with Gasteiger partial charge in [0, 0.05) is 17.2 Å². The zero-order valence-electron chi connectivity index (χ0n) is 11.0. The molecule has 0 fully saturated rings. The lowest BCUT2D eigenvalue weighted by Crippen LogP contribution is -3.00. The van der Waals surface area contributed by atoms with Crippen molar-refractivity contribution in [3.63, 3.8) is 0 Å². The fourth-order valence-electron chi connectivity index (χ4n) is 1.68. The number of rotatable bonds is 3. The Balaban J connectivity index is 0.00000180. The van der Waals surface area contributed by atoms with Gasteiger partial charge in [0.2, 0.25) is 0 Å². The summed E-state index contributed by atoms with van der Waals surface area (Å²) >= 11 is 0. The molecule has 0 aliphatic rings. The highest BCUT2D eigenvalue weighted by atomic mass is 35.5. The van der Waals surface area contributed by atoms with Crippen LogP contribution < -0.4 is 17.0 Å². The van der Waals surface area contributed by atoms with Gasteiger partial charge in [-0.25, -0.2) is 0 Å². The van der Waals surface area contributed by atoms with E-state index in [2.05, 4.69) is 0 Å². The molecule has 0 amide bonds. The first-order valence-corrected chi connectivity index (χ1v) is 5.92. The fraction of sp³-hybridized carbons (Fsp3) is 0.125. The summed E-state index contributed by atoms with van der Waals surface area (Å²) in [4.78, 5) is 11.9. The minimum Gasteiger partial charge on any atom is -1.00 e. The van der Waals surface area contributed by atoms with E-state index >= 15 is 0 Å². The number of pyridine rings is 1. The van der Waals surface area contributed by atoms with Gasteiger partial charge in [-0.1, -0.05) is 29.8 Å². The molecule has 1 aromatic carbocycles. The third kappa shape index (κ3) is 4.34. The van der Waals surface area contributed by atoms with Crippen LogP contribution in [0.25, 0.3) is 6.20 Å². The quantitative estimate of drug-likeness (QED) is 0.436. The highest BCUT2D eigenvalue weighted by Gasteiger charge is 2.02. The third-order valence-corrected chi connectivity index (χ3v) is 2.70. The summed E-state index contributed by atoms with van der Waals surface area (Å²) in [5, 5.41) is 0. The number of ketones is 1. The highest BCUT2D eigenvalue weighted by Crippen LogP contribution is 2.04. The van der Waals surface area contributed by atoms with Crippen LogP contribution in [-0.4, -0.2) is 5.78 Å². The van der Waals surface area contributed by atoms with E-state index in [0.29, 0.717) is 5.56 Å². The van der Waals surface area contributed by atoms with E-state index in [1.165, 1.54) is 0 Å². The lowest BCUT2D eigenvalue weighted by atomic mass is 10.1. The second kappa shape index (κ2) is 6.86. The Hall–Kier alpha value is -1.93. The molecule has 0 aliphatic carbocycles. The standard InChI is InChI=1S/C16H16NO.ClH/c1-13-5-7-15(8-6-13)16(18)9-11-17-10-3-4-14(2)12-17;/h3-12H,1-2H3;1H/q+1;/p-1. The lowest BCUT2D eigenvalue weighted by molar-refractivity contribution is -0.568. The normalized spacial score (nSPS) is 10.2. The Morgan fingerprint density at radius 3 is 2.37 bits per heavy atom. The van der Waals surface area contributed by atoms with Crippen LogP contribution in [0.4, 0.5) is 0 Å². The summed E-state index contributed by atoms with van der Waals surface area (Å²) in [5.74, 6) is 0.0176. The van der Waals surface area contributed by atoms with Crippen LogP contribution in [0.2, 0.25) is 0 Å². The van der Waals surface area contributed by atoms with Gasteiger partial charge in [-0.3, -0.25) is 4.79 Å². The molecule has 0 aliphatic heterocycles. The summed E-state index contributed by atoms with van der Waals surface area (Å²) in [6.07, 6.45) is 7.24. The predicted molar refractivity (Wildman–Crippen MR) is 72.2 cm³/mol. The summed E-state index contributed by atoms with van der Waals surface area (Å²) in [7, 11) is 0. The van der Waals surface area contributed by atoms with Gasteiger partial charge >= 0.3 is 0 Å². The minimum absolute atomic E-state index is 0. The van der Waals surface area contributed by atoms with Crippen LogP contribution in [0.1, 0.15) is 21.5 Å². The van der Waals surface area contributed by atoms with Gasteiger partial charge in [0.05, 0.1) is 6.08 Å². The van der Waals surface area contributed by atoms with Crippen molar-refractivity contribution in [2.45, 2.75) is 13.8 Å². The van der Waals surface area contributed by atoms with Crippen molar-refractivity contribution in [2.24, 2.45) is 0 Å². The van der Waals surface area contributed by atoms with Crippen molar-refractivity contribution in [2.75, 3.05) is 0 Å². The second-order valence-electron chi connectivity index (χ2n) is 4.37. The first-order valence-electron chi connectivity index (χ1n) is 5.92. The largest absolute Gasteiger partial charge is 1.00 e. The summed E-state index contributed by atoms with van der Waals surface area (Å²) in [5.41, 5.74) is 3.03. The summed E-state index contributed by atoms with van der Waals surface area (Å²) in [6.45, 7) is 4.03. The van der Waals surface area contributed by atoms with E-state index in [1.54, 1.807) is 12.3 Å². The van der Waals surface area contributed by atoms with E-state index in [4.69, 9.17) is 0 Å².